The number of carboxylic acids is 1. The van der Waals surface area contributed by atoms with Crippen molar-refractivity contribution in [2.45, 2.75) is 38.3 Å². The number of nitrogens with one attached hydrogen (secondary N) is 1. The van der Waals surface area contributed by atoms with Gasteiger partial charge in [0.25, 0.3) is 0 Å². The van der Waals surface area contributed by atoms with Crippen molar-refractivity contribution in [1.82, 2.24) is 5.32 Å². The van der Waals surface area contributed by atoms with Gasteiger partial charge in [-0.15, -0.1) is 0 Å². The van der Waals surface area contributed by atoms with Crippen LogP contribution in [0.25, 0.3) is 0 Å². The third kappa shape index (κ3) is 2.43. The molecular weight excluding hydrogens is 168 g/mol. The van der Waals surface area contributed by atoms with Crippen LogP contribution in [0.1, 0.15) is 26.2 Å². The molecule has 0 radical (unpaired) electrons. The molecule has 1 aliphatic carbocycles. The lowest BCUT2D eigenvalue weighted by molar-refractivity contribution is -0.139. The number of carboxylic acid groups (broad SMARTS) is 1. The molecule has 0 bridgehead atoms. The highest BCUT2D eigenvalue weighted by Gasteiger charge is 2.29. The Labute approximate surface area is 77.6 Å². The van der Waals surface area contributed by atoms with Gasteiger partial charge in [-0.05, 0) is 19.8 Å². The van der Waals surface area contributed by atoms with Gasteiger partial charge in [0.2, 0.25) is 0 Å². The first kappa shape index (κ1) is 10.0. The van der Waals surface area contributed by atoms with E-state index in [1.165, 1.54) is 0 Å². The molecule has 4 heteroatoms. The fourth-order valence-electron chi connectivity index (χ4n) is 1.71. The minimum Gasteiger partial charge on any atom is -0.480 e. The molecule has 4 nitrogen and oxygen atoms in total. The molecule has 0 aromatic carbocycles. The Morgan fingerprint density at radius 3 is 2.92 bits per heavy atom. The lowest BCUT2D eigenvalue weighted by Crippen LogP contribution is -2.42. The smallest absolute Gasteiger partial charge is 0.320 e. The zero-order valence-corrected chi connectivity index (χ0v) is 7.66. The molecular formula is C9H14N2O2. The zero-order chi connectivity index (χ0) is 9.84. The third-order valence-electron chi connectivity index (χ3n) is 2.52. The van der Waals surface area contributed by atoms with Gasteiger partial charge < -0.3 is 10.4 Å². The van der Waals surface area contributed by atoms with Gasteiger partial charge >= 0.3 is 5.97 Å². The molecule has 1 rings (SSSR count). The number of nitriles is 1. The first-order valence-corrected chi connectivity index (χ1v) is 4.53. The number of rotatable bonds is 3. The Morgan fingerprint density at radius 1 is 1.69 bits per heavy atom. The van der Waals surface area contributed by atoms with Crippen LogP contribution in [0.4, 0.5) is 0 Å². The highest BCUT2D eigenvalue weighted by molar-refractivity contribution is 5.72. The maximum atomic E-state index is 10.5. The molecule has 0 spiro atoms. The van der Waals surface area contributed by atoms with Crippen LogP contribution in [0.2, 0.25) is 0 Å². The number of nitrogens with zero attached hydrogens (tertiary/aromatic N) is 1. The summed E-state index contributed by atoms with van der Waals surface area (Å²) in [6.45, 7) is 1.61. The molecule has 0 aromatic rings. The van der Waals surface area contributed by atoms with Crippen molar-refractivity contribution < 1.29 is 9.90 Å². The van der Waals surface area contributed by atoms with Gasteiger partial charge in [0.05, 0.1) is 12.0 Å². The molecule has 1 fully saturated rings. The van der Waals surface area contributed by atoms with Crippen LogP contribution in [-0.2, 0) is 4.79 Å². The van der Waals surface area contributed by atoms with Crippen LogP contribution >= 0.6 is 0 Å². The molecule has 3 unspecified atom stereocenters. The minimum absolute atomic E-state index is 0.0122. The second kappa shape index (κ2) is 4.24. The Morgan fingerprint density at radius 2 is 2.38 bits per heavy atom. The molecule has 1 aliphatic rings. The predicted molar refractivity (Wildman–Crippen MR) is 47.0 cm³/mol. The molecule has 2 N–H and O–H groups in total. The van der Waals surface area contributed by atoms with E-state index in [1.807, 2.05) is 0 Å². The van der Waals surface area contributed by atoms with Gasteiger partial charge in [-0.1, -0.05) is 6.42 Å². The van der Waals surface area contributed by atoms with Gasteiger partial charge in [-0.3, -0.25) is 4.79 Å². The van der Waals surface area contributed by atoms with Crippen LogP contribution in [0.5, 0.6) is 0 Å². The SMILES string of the molecule is CC(NC1CCCC1C#N)C(=O)O. The van der Waals surface area contributed by atoms with Gasteiger partial charge in [-0.2, -0.15) is 5.26 Å². The molecule has 0 saturated heterocycles. The normalized spacial score (nSPS) is 29.5. The highest BCUT2D eigenvalue weighted by atomic mass is 16.4. The summed E-state index contributed by atoms with van der Waals surface area (Å²) in [5, 5.41) is 20.4. The van der Waals surface area contributed by atoms with E-state index in [4.69, 9.17) is 10.4 Å². The first-order chi connectivity index (χ1) is 6.15. The average molecular weight is 182 g/mol. The Kier molecular flexibility index (Phi) is 3.26. The van der Waals surface area contributed by atoms with E-state index >= 15 is 0 Å². The first-order valence-electron chi connectivity index (χ1n) is 4.53. The van der Waals surface area contributed by atoms with Gasteiger partial charge in [-0.25, -0.2) is 0 Å². The summed E-state index contributed by atoms with van der Waals surface area (Å²) in [6, 6.07) is 1.71. The lowest BCUT2D eigenvalue weighted by Gasteiger charge is -2.18. The summed E-state index contributed by atoms with van der Waals surface area (Å²) < 4.78 is 0. The highest BCUT2D eigenvalue weighted by Crippen LogP contribution is 2.25. The summed E-state index contributed by atoms with van der Waals surface area (Å²) >= 11 is 0. The Bertz CT molecular complexity index is 234. The Balaban J connectivity index is 2.45. The van der Waals surface area contributed by atoms with Crippen molar-refractivity contribution in [3.05, 3.63) is 0 Å². The summed E-state index contributed by atoms with van der Waals surface area (Å²) in [5.41, 5.74) is 0. The number of hydrogen-bond donors (Lipinski definition) is 2. The van der Waals surface area contributed by atoms with Gasteiger partial charge in [0, 0.05) is 6.04 Å². The standard InChI is InChI=1S/C9H14N2O2/c1-6(9(12)13)11-8-4-2-3-7(8)5-10/h6-8,11H,2-4H2,1H3,(H,12,13). The largest absolute Gasteiger partial charge is 0.480 e. The molecule has 0 aromatic heterocycles. The quantitative estimate of drug-likeness (QED) is 0.675. The van der Waals surface area contributed by atoms with E-state index in [-0.39, 0.29) is 12.0 Å². The second-order valence-corrected chi connectivity index (χ2v) is 3.50. The van der Waals surface area contributed by atoms with E-state index in [9.17, 15) is 4.79 Å². The molecule has 0 aliphatic heterocycles. The van der Waals surface area contributed by atoms with E-state index < -0.39 is 12.0 Å². The minimum atomic E-state index is -0.858. The zero-order valence-electron chi connectivity index (χ0n) is 7.66. The molecule has 13 heavy (non-hydrogen) atoms. The van der Waals surface area contributed by atoms with Crippen LogP contribution in [0.3, 0.4) is 0 Å². The van der Waals surface area contributed by atoms with E-state index in [0.29, 0.717) is 0 Å². The van der Waals surface area contributed by atoms with Crippen molar-refractivity contribution in [2.24, 2.45) is 5.92 Å². The molecule has 0 heterocycles. The van der Waals surface area contributed by atoms with Crippen LogP contribution in [0, 0.1) is 17.2 Å². The summed E-state index contributed by atoms with van der Waals surface area (Å²) in [4.78, 5) is 10.5. The molecule has 0 amide bonds. The summed E-state index contributed by atoms with van der Waals surface area (Å²) in [6.07, 6.45) is 2.82. The Hall–Kier alpha value is -1.08. The maximum absolute atomic E-state index is 10.5. The molecule has 72 valence electrons. The van der Waals surface area contributed by atoms with Crippen molar-refractivity contribution in [2.75, 3.05) is 0 Å². The average Bonchev–Trinajstić information content (AvgIpc) is 2.51. The predicted octanol–water partition coefficient (Wildman–Crippen LogP) is 0.741. The third-order valence-corrected chi connectivity index (χ3v) is 2.52. The van der Waals surface area contributed by atoms with Crippen LogP contribution in [-0.4, -0.2) is 23.2 Å². The van der Waals surface area contributed by atoms with Gasteiger partial charge in [0.15, 0.2) is 0 Å². The van der Waals surface area contributed by atoms with Crippen LogP contribution < -0.4 is 5.32 Å². The summed E-state index contributed by atoms with van der Waals surface area (Å²) in [5.74, 6) is -0.870. The van der Waals surface area contributed by atoms with Crippen molar-refractivity contribution in [3.8, 4) is 6.07 Å². The number of carbonyl (C=O) groups is 1. The number of aliphatic carboxylic acids is 1. The fraction of sp³-hybridized carbons (Fsp3) is 0.778. The fourth-order valence-corrected chi connectivity index (χ4v) is 1.71. The van der Waals surface area contributed by atoms with Gasteiger partial charge in [0.1, 0.15) is 6.04 Å². The van der Waals surface area contributed by atoms with E-state index in [0.717, 1.165) is 19.3 Å². The summed E-state index contributed by atoms with van der Waals surface area (Å²) in [7, 11) is 0. The number of hydrogen-bond acceptors (Lipinski definition) is 3. The second-order valence-electron chi connectivity index (χ2n) is 3.50. The van der Waals surface area contributed by atoms with Crippen molar-refractivity contribution >= 4 is 5.97 Å². The van der Waals surface area contributed by atoms with Crippen molar-refractivity contribution in [1.29, 1.82) is 5.26 Å². The molecule has 1 saturated carbocycles. The lowest BCUT2D eigenvalue weighted by atomic mass is 10.1. The maximum Gasteiger partial charge on any atom is 0.320 e. The topological polar surface area (TPSA) is 73.1 Å². The van der Waals surface area contributed by atoms with Crippen molar-refractivity contribution in [3.63, 3.8) is 0 Å². The monoisotopic (exact) mass is 182 g/mol. The van der Waals surface area contributed by atoms with E-state index in [1.54, 1.807) is 6.92 Å². The molecule has 3 atom stereocenters. The van der Waals surface area contributed by atoms with E-state index in [2.05, 4.69) is 11.4 Å². The van der Waals surface area contributed by atoms with Crippen LogP contribution in [0.15, 0.2) is 0 Å².